The second kappa shape index (κ2) is 6.72. The van der Waals surface area contributed by atoms with Crippen molar-refractivity contribution in [3.05, 3.63) is 51.6 Å². The Bertz CT molecular complexity index is 617. The first-order valence-corrected chi connectivity index (χ1v) is 7.12. The standard InChI is InChI=1S/C14H12BrClN2O2/c1-2-20-13-6-4-10(8-17-13)18-14(19)11-7-9(16)3-5-12(11)15/h3-8H,2H2,1H3,(H,18,19). The minimum Gasteiger partial charge on any atom is -0.478 e. The Kier molecular flexibility index (Phi) is 4.98. The van der Waals surface area contributed by atoms with E-state index in [0.29, 0.717) is 33.2 Å². The first-order chi connectivity index (χ1) is 9.60. The first-order valence-electron chi connectivity index (χ1n) is 5.95. The lowest BCUT2D eigenvalue weighted by Gasteiger charge is -2.08. The molecule has 20 heavy (non-hydrogen) atoms. The minimum atomic E-state index is -0.259. The van der Waals surface area contributed by atoms with Crippen LogP contribution >= 0.6 is 27.5 Å². The number of amides is 1. The summed E-state index contributed by atoms with van der Waals surface area (Å²) in [6, 6.07) is 8.47. The van der Waals surface area contributed by atoms with Gasteiger partial charge in [0, 0.05) is 15.6 Å². The highest BCUT2D eigenvalue weighted by atomic mass is 79.9. The largest absolute Gasteiger partial charge is 0.478 e. The summed E-state index contributed by atoms with van der Waals surface area (Å²) in [5.41, 5.74) is 1.05. The van der Waals surface area contributed by atoms with E-state index in [1.807, 2.05) is 6.92 Å². The monoisotopic (exact) mass is 354 g/mol. The maximum Gasteiger partial charge on any atom is 0.256 e. The average molecular weight is 356 g/mol. The molecule has 0 aliphatic rings. The van der Waals surface area contributed by atoms with Gasteiger partial charge < -0.3 is 10.1 Å². The van der Waals surface area contributed by atoms with Gasteiger partial charge in [-0.2, -0.15) is 0 Å². The second-order valence-electron chi connectivity index (χ2n) is 3.90. The molecule has 0 atom stereocenters. The van der Waals surface area contributed by atoms with Gasteiger partial charge in [-0.3, -0.25) is 4.79 Å². The highest BCUT2D eigenvalue weighted by Crippen LogP contribution is 2.22. The van der Waals surface area contributed by atoms with Crippen LogP contribution in [0.15, 0.2) is 41.0 Å². The summed E-state index contributed by atoms with van der Waals surface area (Å²) >= 11 is 9.21. The fraction of sp³-hybridized carbons (Fsp3) is 0.143. The summed E-state index contributed by atoms with van der Waals surface area (Å²) in [5, 5.41) is 3.25. The molecule has 0 aliphatic heterocycles. The molecular formula is C14H12BrClN2O2. The molecule has 0 radical (unpaired) electrons. The van der Waals surface area contributed by atoms with E-state index in [0.717, 1.165) is 0 Å². The summed E-state index contributed by atoms with van der Waals surface area (Å²) < 4.78 is 5.92. The maximum atomic E-state index is 12.1. The number of ether oxygens (including phenoxy) is 1. The Morgan fingerprint density at radius 3 is 2.85 bits per heavy atom. The van der Waals surface area contributed by atoms with E-state index in [1.54, 1.807) is 36.5 Å². The van der Waals surface area contributed by atoms with E-state index in [-0.39, 0.29) is 5.91 Å². The van der Waals surface area contributed by atoms with Crippen LogP contribution in [0.2, 0.25) is 5.02 Å². The molecule has 1 amide bonds. The molecule has 0 aliphatic carbocycles. The highest BCUT2D eigenvalue weighted by molar-refractivity contribution is 9.10. The summed E-state index contributed by atoms with van der Waals surface area (Å²) in [4.78, 5) is 16.2. The molecule has 104 valence electrons. The third kappa shape index (κ3) is 3.71. The average Bonchev–Trinajstić information content (AvgIpc) is 2.44. The number of carbonyl (C=O) groups is 1. The number of anilines is 1. The fourth-order valence-electron chi connectivity index (χ4n) is 1.56. The molecule has 1 N–H and O–H groups in total. The number of nitrogens with zero attached hydrogens (tertiary/aromatic N) is 1. The zero-order valence-electron chi connectivity index (χ0n) is 10.7. The van der Waals surface area contributed by atoms with Crippen molar-refractivity contribution in [3.63, 3.8) is 0 Å². The quantitative estimate of drug-likeness (QED) is 0.896. The van der Waals surface area contributed by atoms with Gasteiger partial charge in [0.15, 0.2) is 0 Å². The van der Waals surface area contributed by atoms with E-state index < -0.39 is 0 Å². The minimum absolute atomic E-state index is 0.259. The van der Waals surface area contributed by atoms with Crippen molar-refractivity contribution in [2.24, 2.45) is 0 Å². The van der Waals surface area contributed by atoms with Crippen LogP contribution in [-0.2, 0) is 0 Å². The molecule has 4 nitrogen and oxygen atoms in total. The van der Waals surface area contributed by atoms with Gasteiger partial charge in [-0.25, -0.2) is 4.98 Å². The van der Waals surface area contributed by atoms with Crippen molar-refractivity contribution in [2.45, 2.75) is 6.92 Å². The number of pyridine rings is 1. The molecular weight excluding hydrogens is 344 g/mol. The Morgan fingerprint density at radius 2 is 2.20 bits per heavy atom. The maximum absolute atomic E-state index is 12.1. The zero-order chi connectivity index (χ0) is 14.5. The van der Waals surface area contributed by atoms with Crippen molar-refractivity contribution in [1.82, 2.24) is 4.98 Å². The number of benzene rings is 1. The number of hydrogen-bond donors (Lipinski definition) is 1. The fourth-order valence-corrected chi connectivity index (χ4v) is 2.16. The van der Waals surface area contributed by atoms with Crippen LogP contribution in [0.4, 0.5) is 5.69 Å². The third-order valence-corrected chi connectivity index (χ3v) is 3.39. The predicted molar refractivity (Wildman–Crippen MR) is 82.5 cm³/mol. The second-order valence-corrected chi connectivity index (χ2v) is 5.19. The molecule has 6 heteroatoms. The summed E-state index contributed by atoms with van der Waals surface area (Å²) in [7, 11) is 0. The van der Waals surface area contributed by atoms with E-state index >= 15 is 0 Å². The van der Waals surface area contributed by atoms with Gasteiger partial charge in [-0.1, -0.05) is 11.6 Å². The Labute approximate surface area is 130 Å². The summed E-state index contributed by atoms with van der Waals surface area (Å²) in [6.07, 6.45) is 1.54. The molecule has 0 bridgehead atoms. The number of rotatable bonds is 4. The van der Waals surface area contributed by atoms with Crippen molar-refractivity contribution >= 4 is 39.1 Å². The Morgan fingerprint density at radius 1 is 1.40 bits per heavy atom. The van der Waals surface area contributed by atoms with Crippen LogP contribution in [0, 0.1) is 0 Å². The molecule has 0 spiro atoms. The first kappa shape index (κ1) is 14.8. The van der Waals surface area contributed by atoms with Crippen LogP contribution in [0.1, 0.15) is 17.3 Å². The van der Waals surface area contributed by atoms with Crippen molar-refractivity contribution in [3.8, 4) is 5.88 Å². The van der Waals surface area contributed by atoms with Crippen LogP contribution < -0.4 is 10.1 Å². The lowest BCUT2D eigenvalue weighted by atomic mass is 10.2. The number of nitrogens with one attached hydrogen (secondary N) is 1. The van der Waals surface area contributed by atoms with E-state index in [2.05, 4.69) is 26.2 Å². The normalized spacial score (nSPS) is 10.2. The number of carbonyl (C=O) groups excluding carboxylic acids is 1. The van der Waals surface area contributed by atoms with Crippen molar-refractivity contribution < 1.29 is 9.53 Å². The number of aromatic nitrogens is 1. The number of hydrogen-bond acceptors (Lipinski definition) is 3. The topological polar surface area (TPSA) is 51.2 Å². The van der Waals surface area contributed by atoms with Gasteiger partial charge in [0.25, 0.3) is 5.91 Å². The lowest BCUT2D eigenvalue weighted by Crippen LogP contribution is -2.12. The van der Waals surface area contributed by atoms with Gasteiger partial charge >= 0.3 is 0 Å². The summed E-state index contributed by atoms with van der Waals surface area (Å²) in [6.45, 7) is 2.43. The van der Waals surface area contributed by atoms with Crippen molar-refractivity contribution in [2.75, 3.05) is 11.9 Å². The molecule has 2 rings (SSSR count). The van der Waals surface area contributed by atoms with E-state index in [4.69, 9.17) is 16.3 Å². The Balaban J connectivity index is 2.13. The predicted octanol–water partition coefficient (Wildman–Crippen LogP) is 4.15. The van der Waals surface area contributed by atoms with E-state index in [1.165, 1.54) is 0 Å². The molecule has 1 heterocycles. The summed E-state index contributed by atoms with van der Waals surface area (Å²) in [5.74, 6) is 0.264. The molecule has 1 aromatic heterocycles. The molecule has 0 unspecified atom stereocenters. The van der Waals surface area contributed by atoms with Crippen molar-refractivity contribution in [1.29, 1.82) is 0 Å². The molecule has 0 fully saturated rings. The van der Waals surface area contributed by atoms with Crippen LogP contribution in [0.25, 0.3) is 0 Å². The molecule has 0 saturated carbocycles. The van der Waals surface area contributed by atoms with Gasteiger partial charge in [-0.15, -0.1) is 0 Å². The van der Waals surface area contributed by atoms with Crippen LogP contribution in [0.3, 0.4) is 0 Å². The molecule has 1 aromatic carbocycles. The molecule has 0 saturated heterocycles. The van der Waals surface area contributed by atoms with Gasteiger partial charge in [0.2, 0.25) is 5.88 Å². The Hall–Kier alpha value is -1.59. The van der Waals surface area contributed by atoms with Gasteiger partial charge in [0.1, 0.15) is 0 Å². The SMILES string of the molecule is CCOc1ccc(NC(=O)c2cc(Cl)ccc2Br)cn1. The zero-order valence-corrected chi connectivity index (χ0v) is 13.0. The van der Waals surface area contributed by atoms with Crippen LogP contribution in [0.5, 0.6) is 5.88 Å². The smallest absolute Gasteiger partial charge is 0.256 e. The molecule has 2 aromatic rings. The van der Waals surface area contributed by atoms with Crippen LogP contribution in [-0.4, -0.2) is 17.5 Å². The number of halogens is 2. The highest BCUT2D eigenvalue weighted by Gasteiger charge is 2.11. The van der Waals surface area contributed by atoms with E-state index in [9.17, 15) is 4.79 Å². The lowest BCUT2D eigenvalue weighted by molar-refractivity contribution is 0.102. The third-order valence-electron chi connectivity index (χ3n) is 2.46. The van der Waals surface area contributed by atoms with Gasteiger partial charge in [0.05, 0.1) is 24.1 Å². The van der Waals surface area contributed by atoms with Gasteiger partial charge in [-0.05, 0) is 47.1 Å².